The average Bonchev–Trinajstić information content (AvgIpc) is 2.77. The van der Waals surface area contributed by atoms with Gasteiger partial charge in [0.1, 0.15) is 6.33 Å². The number of hydroxylamine groups is 1. The van der Waals surface area contributed by atoms with Crippen molar-refractivity contribution in [2.24, 2.45) is 0 Å². The molecule has 96 valence electrons. The Hall–Kier alpha value is -2.02. The fraction of sp³-hybridized carbons (Fsp3) is 0.455. The van der Waals surface area contributed by atoms with E-state index in [0.717, 1.165) is 17.0 Å². The summed E-state index contributed by atoms with van der Waals surface area (Å²) in [5, 5.41) is 4.10. The van der Waals surface area contributed by atoms with Crippen LogP contribution < -0.4 is 5.48 Å². The van der Waals surface area contributed by atoms with E-state index in [4.69, 9.17) is 0 Å². The van der Waals surface area contributed by atoms with E-state index in [1.807, 2.05) is 13.8 Å². The fourth-order valence-electron chi connectivity index (χ4n) is 1.92. The second-order valence-electron chi connectivity index (χ2n) is 3.96. The van der Waals surface area contributed by atoms with Gasteiger partial charge in [-0.2, -0.15) is 10.1 Å². The van der Waals surface area contributed by atoms with Gasteiger partial charge in [0.25, 0.3) is 5.78 Å². The van der Waals surface area contributed by atoms with E-state index in [1.54, 1.807) is 4.52 Å². The molecule has 7 heteroatoms. The lowest BCUT2D eigenvalue weighted by Gasteiger charge is -2.09. The summed E-state index contributed by atoms with van der Waals surface area (Å²) >= 11 is 0. The molecule has 0 aliphatic carbocycles. The van der Waals surface area contributed by atoms with Crippen LogP contribution in [0.25, 0.3) is 5.78 Å². The topological polar surface area (TPSA) is 81.4 Å². The largest absolute Gasteiger partial charge is 0.277 e. The van der Waals surface area contributed by atoms with Crippen LogP contribution in [-0.4, -0.2) is 32.6 Å². The Morgan fingerprint density at radius 1 is 1.50 bits per heavy atom. The number of aromatic nitrogens is 4. The van der Waals surface area contributed by atoms with Gasteiger partial charge in [0, 0.05) is 17.8 Å². The normalized spacial score (nSPS) is 10.8. The third kappa shape index (κ3) is 2.30. The van der Waals surface area contributed by atoms with Crippen LogP contribution in [0.5, 0.6) is 0 Å². The Kier molecular flexibility index (Phi) is 3.52. The Morgan fingerprint density at radius 3 is 3.00 bits per heavy atom. The minimum atomic E-state index is -0.157. The highest BCUT2D eigenvalue weighted by atomic mass is 16.6. The van der Waals surface area contributed by atoms with Crippen LogP contribution in [-0.2, 0) is 16.1 Å². The Labute approximate surface area is 104 Å². The monoisotopic (exact) mass is 249 g/mol. The summed E-state index contributed by atoms with van der Waals surface area (Å²) in [6, 6.07) is 0. The smallest absolute Gasteiger partial charge is 0.252 e. The fourth-order valence-corrected chi connectivity index (χ4v) is 1.92. The molecule has 0 atom stereocenters. The molecular formula is C11H15N5O2. The zero-order valence-corrected chi connectivity index (χ0v) is 10.6. The first-order valence-corrected chi connectivity index (χ1v) is 5.61. The average molecular weight is 249 g/mol. The van der Waals surface area contributed by atoms with E-state index in [-0.39, 0.29) is 5.91 Å². The number of fused-ring (bicyclic) bond motifs is 1. The number of hydrogen-bond acceptors (Lipinski definition) is 5. The van der Waals surface area contributed by atoms with Crippen molar-refractivity contribution in [3.63, 3.8) is 0 Å². The van der Waals surface area contributed by atoms with E-state index in [2.05, 4.69) is 25.4 Å². The van der Waals surface area contributed by atoms with E-state index in [1.165, 1.54) is 13.4 Å². The third-order valence-electron chi connectivity index (χ3n) is 2.81. The Balaban J connectivity index is 2.24. The maximum atomic E-state index is 11.4. The first-order chi connectivity index (χ1) is 8.63. The van der Waals surface area contributed by atoms with Crippen LogP contribution in [0.15, 0.2) is 6.33 Å². The van der Waals surface area contributed by atoms with Gasteiger partial charge >= 0.3 is 0 Å². The number of aryl methyl sites for hydroxylation is 2. The number of nitrogens with zero attached hydrogens (tertiary/aromatic N) is 4. The zero-order chi connectivity index (χ0) is 13.1. The molecule has 2 heterocycles. The molecular weight excluding hydrogens is 234 g/mol. The van der Waals surface area contributed by atoms with Gasteiger partial charge in [0.05, 0.1) is 7.11 Å². The maximum absolute atomic E-state index is 11.4. The summed E-state index contributed by atoms with van der Waals surface area (Å²) in [6.07, 6.45) is 2.41. The number of carbonyl (C=O) groups is 1. The van der Waals surface area contributed by atoms with Crippen molar-refractivity contribution in [2.45, 2.75) is 26.7 Å². The molecule has 2 aromatic rings. The molecule has 0 spiro atoms. The summed E-state index contributed by atoms with van der Waals surface area (Å²) in [5.41, 5.74) is 5.14. The molecule has 0 unspecified atom stereocenters. The SMILES string of the molecule is CONC(=O)CCc1c(C)nc2ncnn2c1C. The summed E-state index contributed by atoms with van der Waals surface area (Å²) in [4.78, 5) is 24.3. The molecule has 0 saturated heterocycles. The van der Waals surface area contributed by atoms with Crippen molar-refractivity contribution in [1.82, 2.24) is 25.1 Å². The zero-order valence-electron chi connectivity index (χ0n) is 10.6. The van der Waals surface area contributed by atoms with Crippen LogP contribution in [0, 0.1) is 13.8 Å². The van der Waals surface area contributed by atoms with Gasteiger partial charge in [-0.1, -0.05) is 0 Å². The number of hydrogen-bond donors (Lipinski definition) is 1. The van der Waals surface area contributed by atoms with Gasteiger partial charge in [-0.3, -0.25) is 9.63 Å². The van der Waals surface area contributed by atoms with Crippen LogP contribution >= 0.6 is 0 Å². The van der Waals surface area contributed by atoms with Gasteiger partial charge in [0.15, 0.2) is 0 Å². The van der Waals surface area contributed by atoms with Crippen LogP contribution in [0.1, 0.15) is 23.4 Å². The number of rotatable bonds is 4. The van der Waals surface area contributed by atoms with Gasteiger partial charge < -0.3 is 0 Å². The first-order valence-electron chi connectivity index (χ1n) is 5.61. The van der Waals surface area contributed by atoms with Gasteiger partial charge in [-0.05, 0) is 25.8 Å². The van der Waals surface area contributed by atoms with E-state index >= 15 is 0 Å². The lowest BCUT2D eigenvalue weighted by atomic mass is 10.1. The minimum Gasteiger partial charge on any atom is -0.277 e. The van der Waals surface area contributed by atoms with Crippen LogP contribution in [0.2, 0.25) is 0 Å². The van der Waals surface area contributed by atoms with Crippen molar-refractivity contribution in [3.8, 4) is 0 Å². The van der Waals surface area contributed by atoms with Crippen molar-refractivity contribution in [3.05, 3.63) is 23.3 Å². The standard InChI is InChI=1S/C11H15N5O2/c1-7-9(4-5-10(17)15-18-3)8(2)16-11(14-7)12-6-13-16/h6H,4-5H2,1-3H3,(H,15,17). The highest BCUT2D eigenvalue weighted by Crippen LogP contribution is 2.14. The Morgan fingerprint density at radius 2 is 2.28 bits per heavy atom. The highest BCUT2D eigenvalue weighted by Gasteiger charge is 2.12. The summed E-state index contributed by atoms with van der Waals surface area (Å²) < 4.78 is 1.68. The quantitative estimate of drug-likeness (QED) is 0.791. The predicted octanol–water partition coefficient (Wildman–Crippen LogP) is 0.351. The van der Waals surface area contributed by atoms with Crippen LogP contribution in [0.3, 0.4) is 0 Å². The predicted molar refractivity (Wildman–Crippen MR) is 63.7 cm³/mol. The highest BCUT2D eigenvalue weighted by molar-refractivity contribution is 5.75. The van der Waals surface area contributed by atoms with Crippen molar-refractivity contribution in [1.29, 1.82) is 0 Å². The minimum absolute atomic E-state index is 0.157. The van der Waals surface area contributed by atoms with Crippen molar-refractivity contribution >= 4 is 11.7 Å². The summed E-state index contributed by atoms with van der Waals surface area (Å²) in [7, 11) is 1.41. The summed E-state index contributed by atoms with van der Waals surface area (Å²) in [6.45, 7) is 3.85. The van der Waals surface area contributed by atoms with Gasteiger partial charge in [-0.25, -0.2) is 15.0 Å². The molecule has 0 aliphatic rings. The molecule has 0 radical (unpaired) electrons. The van der Waals surface area contributed by atoms with Crippen molar-refractivity contribution < 1.29 is 9.63 Å². The first kappa shape index (κ1) is 12.4. The molecule has 2 rings (SSSR count). The molecule has 0 fully saturated rings. The molecule has 1 N–H and O–H groups in total. The van der Waals surface area contributed by atoms with E-state index in [0.29, 0.717) is 18.6 Å². The molecule has 1 amide bonds. The Bertz CT molecular complexity index is 578. The van der Waals surface area contributed by atoms with Crippen molar-refractivity contribution in [2.75, 3.05) is 7.11 Å². The van der Waals surface area contributed by atoms with Crippen LogP contribution in [0.4, 0.5) is 0 Å². The number of carbonyl (C=O) groups excluding carboxylic acids is 1. The van der Waals surface area contributed by atoms with Gasteiger partial charge in [-0.15, -0.1) is 0 Å². The molecule has 18 heavy (non-hydrogen) atoms. The molecule has 2 aromatic heterocycles. The lowest BCUT2D eigenvalue weighted by Crippen LogP contribution is -2.22. The maximum Gasteiger partial charge on any atom is 0.252 e. The second-order valence-corrected chi connectivity index (χ2v) is 3.96. The van der Waals surface area contributed by atoms with E-state index in [9.17, 15) is 4.79 Å². The molecule has 0 aromatic carbocycles. The number of amides is 1. The van der Waals surface area contributed by atoms with Gasteiger partial charge in [0.2, 0.25) is 5.91 Å². The number of nitrogens with one attached hydrogen (secondary N) is 1. The molecule has 0 bridgehead atoms. The molecule has 7 nitrogen and oxygen atoms in total. The molecule has 0 saturated carbocycles. The van der Waals surface area contributed by atoms with E-state index < -0.39 is 0 Å². The second kappa shape index (κ2) is 5.09. The summed E-state index contributed by atoms with van der Waals surface area (Å²) in [5.74, 6) is 0.421. The lowest BCUT2D eigenvalue weighted by molar-refractivity contribution is -0.131. The third-order valence-corrected chi connectivity index (χ3v) is 2.81. The molecule has 0 aliphatic heterocycles.